The van der Waals surface area contributed by atoms with E-state index < -0.39 is 0 Å². The van der Waals surface area contributed by atoms with Gasteiger partial charge in [0.05, 0.1) is 22.4 Å². The fourth-order valence-electron chi connectivity index (χ4n) is 8.33. The Hall–Kier alpha value is -5.86. The summed E-state index contributed by atoms with van der Waals surface area (Å²) in [6, 6.07) is 58.2. The highest BCUT2D eigenvalue weighted by atomic mass is 15.2. The van der Waals surface area contributed by atoms with E-state index in [1.165, 1.54) is 88.0 Å². The lowest BCUT2D eigenvalue weighted by Crippen LogP contribution is -2.30. The summed E-state index contributed by atoms with van der Waals surface area (Å²) in [6.45, 7) is 4.75. The van der Waals surface area contributed by atoms with Gasteiger partial charge in [-0.2, -0.15) is 0 Å². The van der Waals surface area contributed by atoms with Crippen molar-refractivity contribution in [3.8, 4) is 5.69 Å². The van der Waals surface area contributed by atoms with E-state index in [2.05, 4.69) is 181 Å². The quantitative estimate of drug-likeness (QED) is 0.179. The van der Waals surface area contributed by atoms with Crippen LogP contribution in [0.15, 0.2) is 158 Å². The van der Waals surface area contributed by atoms with Gasteiger partial charge in [-0.3, -0.25) is 0 Å². The smallest absolute Gasteiger partial charge is 0.0545 e. The first-order chi connectivity index (χ1) is 23.1. The number of aromatic nitrogens is 1. The molecule has 0 saturated heterocycles. The normalized spacial score (nSPS) is 13.9. The largest absolute Gasteiger partial charge is 0.310 e. The maximum atomic E-state index is 2.48. The summed E-state index contributed by atoms with van der Waals surface area (Å²) in [5.74, 6) is 0. The van der Waals surface area contributed by atoms with Crippen molar-refractivity contribution in [1.82, 2.24) is 4.57 Å². The van der Waals surface area contributed by atoms with Crippen molar-refractivity contribution in [3.63, 3.8) is 0 Å². The Labute approximate surface area is 273 Å². The molecule has 222 valence electrons. The standard InChI is InChI=1S/C45H32N2/c1-45(2)39-21-11-13-23-42(39)46(29-14-4-3-5-15-29)44-27-38-36-20-10-12-22-41(36)47(43(38)28-40(44)45)30-24-25-35-33-18-7-6-16-31(33)32-17-8-9-19-34(32)37(35)26-30/h3-28H,1-2H3. The van der Waals surface area contributed by atoms with Crippen molar-refractivity contribution in [2.24, 2.45) is 0 Å². The molecule has 8 aromatic carbocycles. The Bertz CT molecular complexity index is 2680. The number of benzene rings is 8. The van der Waals surface area contributed by atoms with Gasteiger partial charge in [0.25, 0.3) is 0 Å². The Morgan fingerprint density at radius 3 is 1.66 bits per heavy atom. The van der Waals surface area contributed by atoms with Crippen LogP contribution in [0, 0.1) is 0 Å². The summed E-state index contributed by atoms with van der Waals surface area (Å²) in [5.41, 5.74) is 9.76. The van der Waals surface area contributed by atoms with E-state index in [1.54, 1.807) is 0 Å². The summed E-state index contributed by atoms with van der Waals surface area (Å²) in [4.78, 5) is 2.45. The van der Waals surface area contributed by atoms with E-state index in [1.807, 2.05) is 0 Å². The Morgan fingerprint density at radius 1 is 0.362 bits per heavy atom. The number of para-hydroxylation sites is 3. The molecule has 0 aliphatic carbocycles. The van der Waals surface area contributed by atoms with Crippen molar-refractivity contribution in [2.45, 2.75) is 19.3 Å². The third-order valence-electron chi connectivity index (χ3n) is 10.5. The van der Waals surface area contributed by atoms with Gasteiger partial charge in [0.2, 0.25) is 0 Å². The molecule has 0 unspecified atom stereocenters. The molecule has 2 nitrogen and oxygen atoms in total. The van der Waals surface area contributed by atoms with Crippen molar-refractivity contribution in [3.05, 3.63) is 169 Å². The average molecular weight is 601 g/mol. The van der Waals surface area contributed by atoms with E-state index in [4.69, 9.17) is 0 Å². The Morgan fingerprint density at radius 2 is 0.936 bits per heavy atom. The predicted octanol–water partition coefficient (Wildman–Crippen LogP) is 12.4. The van der Waals surface area contributed by atoms with E-state index in [0.717, 1.165) is 0 Å². The summed E-state index contributed by atoms with van der Waals surface area (Å²) in [7, 11) is 0. The highest BCUT2D eigenvalue weighted by molar-refractivity contribution is 6.25. The molecule has 0 saturated carbocycles. The Balaban J connectivity index is 1.31. The van der Waals surface area contributed by atoms with Crippen LogP contribution in [0.1, 0.15) is 25.0 Å². The number of fused-ring (bicyclic) bond motifs is 11. The average Bonchev–Trinajstić information content (AvgIpc) is 3.45. The van der Waals surface area contributed by atoms with Gasteiger partial charge in [0.15, 0.2) is 0 Å². The Kier molecular flexibility index (Phi) is 5.37. The minimum absolute atomic E-state index is 0.189. The van der Waals surface area contributed by atoms with Crippen LogP contribution in [0.5, 0.6) is 0 Å². The molecule has 2 heteroatoms. The van der Waals surface area contributed by atoms with E-state index in [0.29, 0.717) is 0 Å². The number of hydrogen-bond acceptors (Lipinski definition) is 1. The fourth-order valence-corrected chi connectivity index (χ4v) is 8.33. The van der Waals surface area contributed by atoms with Crippen LogP contribution >= 0.6 is 0 Å². The summed E-state index contributed by atoms with van der Waals surface area (Å²) >= 11 is 0. The molecular weight excluding hydrogens is 569 g/mol. The van der Waals surface area contributed by atoms with Crippen LogP contribution < -0.4 is 4.90 Å². The molecule has 1 aliphatic rings. The van der Waals surface area contributed by atoms with Crippen molar-refractivity contribution < 1.29 is 0 Å². The molecule has 0 bridgehead atoms. The summed E-state index contributed by atoms with van der Waals surface area (Å²) in [6.07, 6.45) is 0. The molecule has 0 amide bonds. The maximum absolute atomic E-state index is 2.48. The van der Waals surface area contributed by atoms with Gasteiger partial charge < -0.3 is 9.47 Å². The molecule has 0 spiro atoms. The lowest BCUT2D eigenvalue weighted by molar-refractivity contribution is 0.632. The van der Waals surface area contributed by atoms with Gasteiger partial charge >= 0.3 is 0 Å². The molecule has 1 aromatic heterocycles. The molecule has 0 N–H and O–H groups in total. The number of hydrogen-bond donors (Lipinski definition) is 0. The SMILES string of the molecule is CC1(C)c2ccccc2N(c2ccccc2)c2cc3c4ccccc4n(-c4ccc5c6ccccc6c6ccccc6c5c4)c3cc21. The van der Waals surface area contributed by atoms with Crippen molar-refractivity contribution in [1.29, 1.82) is 0 Å². The minimum Gasteiger partial charge on any atom is -0.310 e. The van der Waals surface area contributed by atoms with E-state index >= 15 is 0 Å². The van der Waals surface area contributed by atoms with E-state index in [9.17, 15) is 0 Å². The van der Waals surface area contributed by atoms with Gasteiger partial charge in [-0.05, 0) is 92.0 Å². The topological polar surface area (TPSA) is 8.17 Å². The third-order valence-corrected chi connectivity index (χ3v) is 10.5. The van der Waals surface area contributed by atoms with Crippen LogP contribution in [0.4, 0.5) is 17.1 Å². The van der Waals surface area contributed by atoms with Crippen molar-refractivity contribution in [2.75, 3.05) is 4.90 Å². The lowest BCUT2D eigenvalue weighted by Gasteiger charge is -2.42. The zero-order valence-electron chi connectivity index (χ0n) is 26.4. The van der Waals surface area contributed by atoms with E-state index in [-0.39, 0.29) is 5.41 Å². The van der Waals surface area contributed by atoms with Crippen LogP contribution in [-0.2, 0) is 5.41 Å². The molecule has 0 atom stereocenters. The number of anilines is 3. The van der Waals surface area contributed by atoms with Crippen LogP contribution in [0.3, 0.4) is 0 Å². The van der Waals surface area contributed by atoms with Gasteiger partial charge in [-0.1, -0.05) is 123 Å². The first kappa shape index (κ1) is 26.4. The van der Waals surface area contributed by atoms with Gasteiger partial charge in [-0.25, -0.2) is 0 Å². The van der Waals surface area contributed by atoms with Gasteiger partial charge in [0, 0.05) is 27.6 Å². The molecule has 2 heterocycles. The van der Waals surface area contributed by atoms with Crippen LogP contribution in [-0.4, -0.2) is 4.57 Å². The first-order valence-corrected chi connectivity index (χ1v) is 16.5. The maximum Gasteiger partial charge on any atom is 0.0545 e. The molecule has 0 fully saturated rings. The monoisotopic (exact) mass is 600 g/mol. The van der Waals surface area contributed by atoms with Crippen LogP contribution in [0.25, 0.3) is 59.8 Å². The number of nitrogens with zero attached hydrogens (tertiary/aromatic N) is 2. The number of rotatable bonds is 2. The second-order valence-electron chi connectivity index (χ2n) is 13.4. The third kappa shape index (κ3) is 3.61. The first-order valence-electron chi connectivity index (χ1n) is 16.5. The molecule has 1 aliphatic heterocycles. The highest BCUT2D eigenvalue weighted by Crippen LogP contribution is 2.53. The second kappa shape index (κ2) is 9.57. The predicted molar refractivity (Wildman–Crippen MR) is 200 cm³/mol. The summed E-state index contributed by atoms with van der Waals surface area (Å²) in [5, 5.41) is 10.3. The zero-order chi connectivity index (χ0) is 31.3. The molecule has 47 heavy (non-hydrogen) atoms. The minimum atomic E-state index is -0.189. The zero-order valence-corrected chi connectivity index (χ0v) is 26.4. The van der Waals surface area contributed by atoms with Gasteiger partial charge in [-0.15, -0.1) is 0 Å². The molecule has 10 rings (SSSR count). The van der Waals surface area contributed by atoms with Gasteiger partial charge in [0.1, 0.15) is 0 Å². The molecular formula is C45H32N2. The lowest BCUT2D eigenvalue weighted by atomic mass is 9.73. The van der Waals surface area contributed by atoms with Crippen molar-refractivity contribution >= 4 is 71.2 Å². The van der Waals surface area contributed by atoms with Crippen LogP contribution in [0.2, 0.25) is 0 Å². The molecule has 0 radical (unpaired) electrons. The second-order valence-corrected chi connectivity index (χ2v) is 13.4. The fraction of sp³-hybridized carbons (Fsp3) is 0.0667. The molecule has 9 aromatic rings. The summed E-state index contributed by atoms with van der Waals surface area (Å²) < 4.78 is 2.48. The highest BCUT2D eigenvalue weighted by Gasteiger charge is 2.37.